The Hall–Kier alpha value is -6.16. The largest absolute Gasteiger partial charge is 0.456 e. The Bertz CT molecular complexity index is 2810. The summed E-state index contributed by atoms with van der Waals surface area (Å²) in [5.74, 6) is 0. The van der Waals surface area contributed by atoms with Crippen LogP contribution in [-0.4, -0.2) is 0 Å². The highest BCUT2D eigenvalue weighted by atomic mass is 32.1. The Labute approximate surface area is 287 Å². The molecular formula is C46H29NOS. The highest BCUT2D eigenvalue weighted by molar-refractivity contribution is 7.26. The Kier molecular flexibility index (Phi) is 6.39. The fourth-order valence-electron chi connectivity index (χ4n) is 7.36. The van der Waals surface area contributed by atoms with E-state index in [-0.39, 0.29) is 0 Å². The standard InChI is InChI=1S/C46H29NOS/c1-2-9-30(10-3-1)31-17-22-34(23-18-31)47(36-26-27-39-38-12-4-6-15-41(38)48-42(39)29-36)35-24-19-32(20-25-35)37-14-8-11-33-21-28-44-46(45(33)37)40-13-5-7-16-43(40)49-44/h1-29H. The maximum Gasteiger partial charge on any atom is 0.137 e. The molecule has 10 rings (SSSR count). The van der Waals surface area contributed by atoms with Crippen molar-refractivity contribution in [2.24, 2.45) is 0 Å². The van der Waals surface area contributed by atoms with Crippen LogP contribution in [0.4, 0.5) is 17.1 Å². The second-order valence-corrected chi connectivity index (χ2v) is 13.6. The van der Waals surface area contributed by atoms with Gasteiger partial charge in [0.2, 0.25) is 0 Å². The van der Waals surface area contributed by atoms with Crippen molar-refractivity contribution in [1.29, 1.82) is 0 Å². The van der Waals surface area contributed by atoms with Gasteiger partial charge in [-0.05, 0) is 87.6 Å². The molecule has 49 heavy (non-hydrogen) atoms. The SMILES string of the molecule is c1ccc(-c2ccc(N(c3ccc(-c4cccc5ccc6sc7ccccc7c6c45)cc3)c3ccc4c(c3)oc3ccccc34)cc2)cc1. The molecule has 0 radical (unpaired) electrons. The van der Waals surface area contributed by atoms with Crippen LogP contribution in [0.1, 0.15) is 0 Å². The van der Waals surface area contributed by atoms with Crippen LogP contribution in [0.25, 0.3) is 75.1 Å². The van der Waals surface area contributed by atoms with Crippen LogP contribution in [0.3, 0.4) is 0 Å². The van der Waals surface area contributed by atoms with Crippen molar-refractivity contribution in [3.05, 3.63) is 176 Å². The monoisotopic (exact) mass is 643 g/mol. The summed E-state index contributed by atoms with van der Waals surface area (Å²) in [5.41, 5.74) is 9.84. The lowest BCUT2D eigenvalue weighted by atomic mass is 9.94. The van der Waals surface area contributed by atoms with E-state index >= 15 is 0 Å². The van der Waals surface area contributed by atoms with Crippen molar-refractivity contribution < 1.29 is 4.42 Å². The molecule has 8 aromatic carbocycles. The number of fused-ring (bicyclic) bond motifs is 8. The fourth-order valence-corrected chi connectivity index (χ4v) is 8.47. The molecule has 0 aliphatic rings. The summed E-state index contributed by atoms with van der Waals surface area (Å²) in [6.07, 6.45) is 0. The molecule has 0 aliphatic heterocycles. The van der Waals surface area contributed by atoms with Gasteiger partial charge in [0, 0.05) is 54.1 Å². The molecule has 0 aliphatic carbocycles. The summed E-state index contributed by atoms with van der Waals surface area (Å²) in [6.45, 7) is 0. The third-order valence-electron chi connectivity index (χ3n) is 9.67. The van der Waals surface area contributed by atoms with Gasteiger partial charge >= 0.3 is 0 Å². The quantitative estimate of drug-likeness (QED) is 0.186. The predicted molar refractivity (Wildman–Crippen MR) is 210 cm³/mol. The molecule has 0 amide bonds. The number of furan rings is 1. The van der Waals surface area contributed by atoms with Gasteiger partial charge in [-0.25, -0.2) is 0 Å². The Morgan fingerprint density at radius 1 is 0.388 bits per heavy atom. The van der Waals surface area contributed by atoms with Gasteiger partial charge in [0.1, 0.15) is 11.2 Å². The van der Waals surface area contributed by atoms with Crippen molar-refractivity contribution in [2.45, 2.75) is 0 Å². The lowest BCUT2D eigenvalue weighted by Crippen LogP contribution is -2.09. The Morgan fingerprint density at radius 2 is 1.04 bits per heavy atom. The predicted octanol–water partition coefficient (Wildman–Crippen LogP) is 13.9. The first-order valence-electron chi connectivity index (χ1n) is 16.6. The van der Waals surface area contributed by atoms with E-state index in [0.717, 1.165) is 39.0 Å². The van der Waals surface area contributed by atoms with E-state index in [1.54, 1.807) is 0 Å². The lowest BCUT2D eigenvalue weighted by molar-refractivity contribution is 0.669. The molecule has 10 aromatic rings. The Balaban J connectivity index is 1.12. The maximum atomic E-state index is 6.34. The zero-order valence-electron chi connectivity index (χ0n) is 26.5. The highest BCUT2D eigenvalue weighted by Crippen LogP contribution is 2.44. The number of para-hydroxylation sites is 1. The molecule has 0 bridgehead atoms. The number of hydrogen-bond acceptors (Lipinski definition) is 3. The summed E-state index contributed by atoms with van der Waals surface area (Å²) in [6, 6.07) is 63.2. The minimum Gasteiger partial charge on any atom is -0.456 e. The van der Waals surface area contributed by atoms with Gasteiger partial charge in [-0.15, -0.1) is 11.3 Å². The average Bonchev–Trinajstić information content (AvgIpc) is 3.74. The highest BCUT2D eigenvalue weighted by Gasteiger charge is 2.17. The lowest BCUT2D eigenvalue weighted by Gasteiger charge is -2.26. The van der Waals surface area contributed by atoms with Crippen LogP contribution in [-0.2, 0) is 0 Å². The molecule has 0 fully saturated rings. The number of rotatable bonds is 5. The number of hydrogen-bond donors (Lipinski definition) is 0. The third kappa shape index (κ3) is 4.62. The van der Waals surface area contributed by atoms with Gasteiger partial charge in [-0.2, -0.15) is 0 Å². The van der Waals surface area contributed by atoms with Crippen molar-refractivity contribution in [3.63, 3.8) is 0 Å². The van der Waals surface area contributed by atoms with Crippen LogP contribution in [0, 0.1) is 0 Å². The first kappa shape index (κ1) is 27.9. The molecular weight excluding hydrogens is 615 g/mol. The minimum absolute atomic E-state index is 0.879. The summed E-state index contributed by atoms with van der Waals surface area (Å²) in [5, 5.41) is 7.50. The van der Waals surface area contributed by atoms with Crippen molar-refractivity contribution in [3.8, 4) is 22.3 Å². The molecule has 230 valence electrons. The fraction of sp³-hybridized carbons (Fsp3) is 0. The minimum atomic E-state index is 0.879. The van der Waals surface area contributed by atoms with Crippen LogP contribution in [0.2, 0.25) is 0 Å². The third-order valence-corrected chi connectivity index (χ3v) is 10.8. The number of thiophene rings is 1. The molecule has 2 nitrogen and oxygen atoms in total. The van der Waals surface area contributed by atoms with Gasteiger partial charge in [-0.1, -0.05) is 115 Å². The van der Waals surface area contributed by atoms with E-state index in [1.165, 1.54) is 53.2 Å². The van der Waals surface area contributed by atoms with Crippen LogP contribution in [0.15, 0.2) is 180 Å². The van der Waals surface area contributed by atoms with Gasteiger partial charge in [0.15, 0.2) is 0 Å². The number of benzene rings is 8. The summed E-state index contributed by atoms with van der Waals surface area (Å²) >= 11 is 1.87. The molecule has 0 unspecified atom stereocenters. The average molecular weight is 644 g/mol. The van der Waals surface area contributed by atoms with Gasteiger partial charge in [0.05, 0.1) is 0 Å². The molecule has 2 aromatic heterocycles. The van der Waals surface area contributed by atoms with Crippen molar-refractivity contribution >= 4 is 81.3 Å². The van der Waals surface area contributed by atoms with E-state index in [0.29, 0.717) is 0 Å². The van der Waals surface area contributed by atoms with E-state index < -0.39 is 0 Å². The van der Waals surface area contributed by atoms with Crippen molar-refractivity contribution in [2.75, 3.05) is 4.90 Å². The van der Waals surface area contributed by atoms with Crippen molar-refractivity contribution in [1.82, 2.24) is 0 Å². The zero-order valence-corrected chi connectivity index (χ0v) is 27.3. The zero-order chi connectivity index (χ0) is 32.3. The molecule has 2 heterocycles. The molecule has 0 atom stereocenters. The maximum absolute atomic E-state index is 6.34. The van der Waals surface area contributed by atoms with E-state index in [2.05, 4.69) is 169 Å². The first-order valence-corrected chi connectivity index (χ1v) is 17.4. The molecule has 0 saturated carbocycles. The first-order chi connectivity index (χ1) is 24.3. The molecule has 3 heteroatoms. The van der Waals surface area contributed by atoms with Crippen LogP contribution in [0.5, 0.6) is 0 Å². The normalized spacial score (nSPS) is 11.7. The Morgan fingerprint density at radius 3 is 1.86 bits per heavy atom. The number of nitrogens with zero attached hydrogens (tertiary/aromatic N) is 1. The van der Waals surface area contributed by atoms with Crippen LogP contribution < -0.4 is 4.90 Å². The summed E-state index contributed by atoms with van der Waals surface area (Å²) in [4.78, 5) is 2.32. The van der Waals surface area contributed by atoms with Crippen LogP contribution >= 0.6 is 11.3 Å². The molecule has 0 saturated heterocycles. The molecule has 0 N–H and O–H groups in total. The van der Waals surface area contributed by atoms with E-state index in [1.807, 2.05) is 23.5 Å². The van der Waals surface area contributed by atoms with Gasteiger partial charge in [0.25, 0.3) is 0 Å². The van der Waals surface area contributed by atoms with E-state index in [9.17, 15) is 0 Å². The second-order valence-electron chi connectivity index (χ2n) is 12.5. The summed E-state index contributed by atoms with van der Waals surface area (Å²) < 4.78 is 8.99. The van der Waals surface area contributed by atoms with Gasteiger partial charge < -0.3 is 9.32 Å². The molecule has 0 spiro atoms. The van der Waals surface area contributed by atoms with Gasteiger partial charge in [-0.3, -0.25) is 0 Å². The number of anilines is 3. The van der Waals surface area contributed by atoms with E-state index in [4.69, 9.17) is 4.42 Å². The smallest absolute Gasteiger partial charge is 0.137 e. The second kappa shape index (κ2) is 11.2. The summed E-state index contributed by atoms with van der Waals surface area (Å²) in [7, 11) is 0. The topological polar surface area (TPSA) is 16.4 Å².